The average molecular weight is 490 g/mol. The number of hydrogen-bond donors (Lipinski definition) is 0. The highest BCUT2D eigenvalue weighted by molar-refractivity contribution is 9.10. The van der Waals surface area contributed by atoms with E-state index < -0.39 is 0 Å². The molecule has 1 aliphatic heterocycles. The van der Waals surface area contributed by atoms with Crippen molar-refractivity contribution in [2.75, 3.05) is 24.5 Å². The number of halogens is 1. The van der Waals surface area contributed by atoms with Gasteiger partial charge in [0.25, 0.3) is 5.91 Å². The third kappa shape index (κ3) is 5.00. The first-order valence-electron chi connectivity index (χ1n) is 11.8. The van der Waals surface area contributed by atoms with E-state index in [-0.39, 0.29) is 5.91 Å². The predicted molar refractivity (Wildman–Crippen MR) is 132 cm³/mol. The molecule has 170 valence electrons. The summed E-state index contributed by atoms with van der Waals surface area (Å²) < 4.78 is 3.20. The van der Waals surface area contributed by atoms with Crippen LogP contribution in [0.15, 0.2) is 22.7 Å². The van der Waals surface area contributed by atoms with Crippen LogP contribution in [-0.4, -0.2) is 40.0 Å². The van der Waals surface area contributed by atoms with Gasteiger partial charge in [-0.1, -0.05) is 40.7 Å². The number of carbonyl (C=O) groups excluding carboxylic acids is 1. The SMILES string of the molecule is CC.CCCN(CC1CC1)C(=O)c1c(C)nc2n1CCN2c1ccc(C(C)C)cc1Br. The highest BCUT2D eigenvalue weighted by Crippen LogP contribution is 2.38. The highest BCUT2D eigenvalue weighted by atomic mass is 79.9. The van der Waals surface area contributed by atoms with E-state index in [1.165, 1.54) is 18.4 Å². The fourth-order valence-corrected chi connectivity index (χ4v) is 4.79. The van der Waals surface area contributed by atoms with E-state index in [1.54, 1.807) is 0 Å². The third-order valence-corrected chi connectivity index (χ3v) is 6.63. The molecule has 0 saturated heterocycles. The molecular weight excluding hydrogens is 452 g/mol. The molecule has 4 rings (SSSR count). The molecule has 2 aliphatic rings. The van der Waals surface area contributed by atoms with E-state index in [4.69, 9.17) is 4.98 Å². The minimum atomic E-state index is 0.145. The quantitative estimate of drug-likeness (QED) is 0.445. The number of hydrogen-bond acceptors (Lipinski definition) is 3. The Bertz CT molecular complexity index is 916. The van der Waals surface area contributed by atoms with Crippen LogP contribution in [0.2, 0.25) is 0 Å². The van der Waals surface area contributed by atoms with Gasteiger partial charge in [-0.05, 0) is 71.6 Å². The molecule has 0 bridgehead atoms. The average Bonchev–Trinajstić information content (AvgIpc) is 3.40. The zero-order valence-electron chi connectivity index (χ0n) is 19.9. The van der Waals surface area contributed by atoms with Gasteiger partial charge >= 0.3 is 0 Å². The van der Waals surface area contributed by atoms with Gasteiger partial charge in [-0.2, -0.15) is 0 Å². The van der Waals surface area contributed by atoms with Gasteiger partial charge in [-0.25, -0.2) is 4.98 Å². The van der Waals surface area contributed by atoms with Crippen molar-refractivity contribution >= 4 is 33.5 Å². The summed E-state index contributed by atoms with van der Waals surface area (Å²) in [5.74, 6) is 2.21. The first-order chi connectivity index (χ1) is 14.9. The van der Waals surface area contributed by atoms with Crippen molar-refractivity contribution in [2.45, 2.75) is 73.3 Å². The normalized spacial score (nSPS) is 15.0. The smallest absolute Gasteiger partial charge is 0.272 e. The summed E-state index contributed by atoms with van der Waals surface area (Å²) >= 11 is 3.76. The Labute approximate surface area is 196 Å². The van der Waals surface area contributed by atoms with E-state index in [0.717, 1.165) is 60.1 Å². The standard InChI is InChI=1S/C23H31BrN4O.C2H6/c1-5-10-26(14-17-6-7-17)22(29)21-16(4)25-23-27(11-12-28(21)23)20-9-8-18(15(2)3)13-19(20)24;1-2/h8-9,13,15,17H,5-7,10-12,14H2,1-4H3;1-2H3. The minimum absolute atomic E-state index is 0.145. The summed E-state index contributed by atoms with van der Waals surface area (Å²) in [5, 5.41) is 0. The van der Waals surface area contributed by atoms with E-state index in [2.05, 4.69) is 64.4 Å². The van der Waals surface area contributed by atoms with Crippen molar-refractivity contribution in [1.29, 1.82) is 0 Å². The number of amides is 1. The van der Waals surface area contributed by atoms with E-state index in [9.17, 15) is 4.79 Å². The lowest BCUT2D eigenvalue weighted by Gasteiger charge is -2.22. The number of carbonyl (C=O) groups is 1. The van der Waals surface area contributed by atoms with Crippen LogP contribution < -0.4 is 4.90 Å². The minimum Gasteiger partial charge on any atom is -0.337 e. The largest absolute Gasteiger partial charge is 0.337 e. The molecular formula is C25H37BrN4O. The maximum atomic E-state index is 13.4. The number of anilines is 2. The maximum Gasteiger partial charge on any atom is 0.272 e. The van der Waals surface area contributed by atoms with Crippen LogP contribution in [0.25, 0.3) is 0 Å². The molecule has 0 N–H and O–H groups in total. The van der Waals surface area contributed by atoms with Crippen molar-refractivity contribution in [3.63, 3.8) is 0 Å². The molecule has 31 heavy (non-hydrogen) atoms. The van der Waals surface area contributed by atoms with Crippen LogP contribution in [-0.2, 0) is 6.54 Å². The molecule has 1 aromatic heterocycles. The fourth-order valence-electron chi connectivity index (χ4n) is 4.18. The summed E-state index contributed by atoms with van der Waals surface area (Å²) in [4.78, 5) is 22.5. The Morgan fingerprint density at radius 1 is 1.26 bits per heavy atom. The van der Waals surface area contributed by atoms with Gasteiger partial charge < -0.3 is 14.4 Å². The zero-order chi connectivity index (χ0) is 22.7. The Morgan fingerprint density at radius 3 is 2.55 bits per heavy atom. The number of benzene rings is 1. The molecule has 0 spiro atoms. The van der Waals surface area contributed by atoms with Crippen LogP contribution in [0.3, 0.4) is 0 Å². The first-order valence-corrected chi connectivity index (χ1v) is 12.6. The number of fused-ring (bicyclic) bond motifs is 1. The lowest BCUT2D eigenvalue weighted by atomic mass is 10.0. The van der Waals surface area contributed by atoms with Gasteiger partial charge in [-0.3, -0.25) is 4.79 Å². The summed E-state index contributed by atoms with van der Waals surface area (Å²) in [7, 11) is 0. The van der Waals surface area contributed by atoms with Gasteiger partial charge in [0, 0.05) is 30.7 Å². The summed E-state index contributed by atoms with van der Waals surface area (Å²) in [6, 6.07) is 6.55. The molecule has 5 nitrogen and oxygen atoms in total. The Morgan fingerprint density at radius 2 is 1.97 bits per heavy atom. The summed E-state index contributed by atoms with van der Waals surface area (Å²) in [5.41, 5.74) is 4.03. The van der Waals surface area contributed by atoms with Crippen LogP contribution in [0.4, 0.5) is 11.6 Å². The van der Waals surface area contributed by atoms with Gasteiger partial charge in [0.2, 0.25) is 5.95 Å². The molecule has 1 saturated carbocycles. The molecule has 0 unspecified atom stereocenters. The molecule has 1 aliphatic carbocycles. The third-order valence-electron chi connectivity index (χ3n) is 6.00. The Balaban J connectivity index is 0.00000132. The van der Waals surface area contributed by atoms with Gasteiger partial charge in [0.1, 0.15) is 5.69 Å². The van der Waals surface area contributed by atoms with Crippen molar-refractivity contribution in [2.24, 2.45) is 5.92 Å². The monoisotopic (exact) mass is 488 g/mol. The van der Waals surface area contributed by atoms with Gasteiger partial charge in [0.15, 0.2) is 0 Å². The molecule has 1 amide bonds. The van der Waals surface area contributed by atoms with Crippen LogP contribution in [0.5, 0.6) is 0 Å². The lowest BCUT2D eigenvalue weighted by molar-refractivity contribution is 0.0736. The van der Waals surface area contributed by atoms with Crippen LogP contribution in [0, 0.1) is 12.8 Å². The predicted octanol–water partition coefficient (Wildman–Crippen LogP) is 6.52. The molecule has 1 fully saturated rings. The van der Waals surface area contributed by atoms with E-state index >= 15 is 0 Å². The lowest BCUT2D eigenvalue weighted by Crippen LogP contribution is -2.35. The van der Waals surface area contributed by atoms with Crippen molar-refractivity contribution in [3.05, 3.63) is 39.6 Å². The van der Waals surface area contributed by atoms with Crippen molar-refractivity contribution in [3.8, 4) is 0 Å². The maximum absolute atomic E-state index is 13.4. The molecule has 0 atom stereocenters. The number of rotatable bonds is 7. The molecule has 0 radical (unpaired) electrons. The zero-order valence-corrected chi connectivity index (χ0v) is 21.5. The fraction of sp³-hybridized carbons (Fsp3) is 0.600. The van der Waals surface area contributed by atoms with Crippen LogP contribution in [0.1, 0.15) is 81.5 Å². The van der Waals surface area contributed by atoms with Crippen molar-refractivity contribution in [1.82, 2.24) is 14.5 Å². The molecule has 6 heteroatoms. The van der Waals surface area contributed by atoms with E-state index in [0.29, 0.717) is 11.8 Å². The first kappa shape index (κ1) is 23.8. The second-order valence-electron chi connectivity index (χ2n) is 8.71. The Hall–Kier alpha value is -1.82. The van der Waals surface area contributed by atoms with Gasteiger partial charge in [0.05, 0.1) is 11.4 Å². The van der Waals surface area contributed by atoms with Crippen molar-refractivity contribution < 1.29 is 4.79 Å². The number of aromatic nitrogens is 2. The number of imidazole rings is 1. The number of nitrogens with zero attached hydrogens (tertiary/aromatic N) is 4. The Kier molecular flexibility index (Phi) is 7.84. The highest BCUT2D eigenvalue weighted by Gasteiger charge is 2.34. The van der Waals surface area contributed by atoms with E-state index in [1.807, 2.05) is 25.7 Å². The number of aryl methyl sites for hydroxylation is 1. The van der Waals surface area contributed by atoms with Crippen LogP contribution >= 0.6 is 15.9 Å². The van der Waals surface area contributed by atoms with Gasteiger partial charge in [-0.15, -0.1) is 0 Å². The second kappa shape index (κ2) is 10.2. The molecule has 1 aromatic carbocycles. The molecule has 2 aromatic rings. The summed E-state index contributed by atoms with van der Waals surface area (Å²) in [6.45, 7) is 15.8. The topological polar surface area (TPSA) is 41.4 Å². The summed E-state index contributed by atoms with van der Waals surface area (Å²) in [6.07, 6.45) is 3.50. The second-order valence-corrected chi connectivity index (χ2v) is 9.56. The molecule has 2 heterocycles.